The minimum Gasteiger partial charge on any atom is -0.277 e. The highest BCUT2D eigenvalue weighted by molar-refractivity contribution is 7.04. The van der Waals surface area contributed by atoms with Gasteiger partial charge in [0.05, 0.1) is 22.2 Å². The Morgan fingerprint density at radius 3 is 2.17 bits per heavy atom. The van der Waals surface area contributed by atoms with Crippen LogP contribution in [0.1, 0.15) is 0 Å². The average Bonchev–Trinajstić information content (AvgIpc) is 3.49. The Labute approximate surface area is 244 Å². The van der Waals surface area contributed by atoms with E-state index in [2.05, 4.69) is 139 Å². The second-order valence-electron chi connectivity index (χ2n) is 11.9. The van der Waals surface area contributed by atoms with Crippen LogP contribution in [-0.2, 0) is 0 Å². The summed E-state index contributed by atoms with van der Waals surface area (Å²) in [6, 6.07) is 46.0. The standard InChI is InChI=1S/C38H27N3Si/c1-42(2)34-19-11-8-15-27(34)31-23-30-25(22-35(31)42)20-21-28-26-14-7-10-18-33(26)41(37(28)30)38-39-32-17-9-6-16-29(32)36(40-38)24-12-4-3-5-13-24/h3-23H,1-2H3. The smallest absolute Gasteiger partial charge is 0.235 e. The molecule has 0 amide bonds. The number of para-hydroxylation sites is 2. The molecule has 9 rings (SSSR count). The van der Waals surface area contributed by atoms with Gasteiger partial charge in [0, 0.05) is 27.1 Å². The number of hydrogen-bond acceptors (Lipinski definition) is 2. The van der Waals surface area contributed by atoms with Crippen molar-refractivity contribution in [2.75, 3.05) is 0 Å². The molecule has 4 heteroatoms. The van der Waals surface area contributed by atoms with Crippen LogP contribution in [0, 0.1) is 0 Å². The van der Waals surface area contributed by atoms with E-state index in [9.17, 15) is 0 Å². The van der Waals surface area contributed by atoms with Gasteiger partial charge < -0.3 is 0 Å². The first kappa shape index (κ1) is 23.6. The number of aromatic nitrogens is 3. The fraction of sp³-hybridized carbons (Fsp3) is 0.0526. The Kier molecular flexibility index (Phi) is 4.77. The van der Waals surface area contributed by atoms with E-state index in [0.29, 0.717) is 5.95 Å². The van der Waals surface area contributed by atoms with Gasteiger partial charge in [0.1, 0.15) is 8.07 Å². The lowest BCUT2D eigenvalue weighted by Gasteiger charge is -2.19. The molecule has 0 bridgehead atoms. The van der Waals surface area contributed by atoms with Gasteiger partial charge in [-0.1, -0.05) is 122 Å². The normalized spacial score (nSPS) is 13.7. The second kappa shape index (κ2) is 8.48. The van der Waals surface area contributed by atoms with E-state index in [4.69, 9.17) is 9.97 Å². The third-order valence-electron chi connectivity index (χ3n) is 9.19. The van der Waals surface area contributed by atoms with E-state index in [1.165, 1.54) is 43.0 Å². The van der Waals surface area contributed by atoms with Crippen LogP contribution in [0.5, 0.6) is 0 Å². The summed E-state index contributed by atoms with van der Waals surface area (Å²) in [4.78, 5) is 10.5. The molecule has 198 valence electrons. The highest BCUT2D eigenvalue weighted by Crippen LogP contribution is 2.39. The Morgan fingerprint density at radius 2 is 1.29 bits per heavy atom. The molecule has 0 aliphatic carbocycles. The Morgan fingerprint density at radius 1 is 0.548 bits per heavy atom. The zero-order valence-corrected chi connectivity index (χ0v) is 24.5. The van der Waals surface area contributed by atoms with Crippen molar-refractivity contribution in [1.82, 2.24) is 14.5 Å². The van der Waals surface area contributed by atoms with Gasteiger partial charge in [0.25, 0.3) is 0 Å². The fourth-order valence-electron chi connectivity index (χ4n) is 7.17. The number of nitrogens with zero attached hydrogens (tertiary/aromatic N) is 3. The van der Waals surface area contributed by atoms with Crippen LogP contribution in [0.2, 0.25) is 13.1 Å². The molecule has 0 saturated carbocycles. The molecule has 42 heavy (non-hydrogen) atoms. The minimum absolute atomic E-state index is 0.696. The lowest BCUT2D eigenvalue weighted by Crippen LogP contribution is -2.49. The molecule has 0 fully saturated rings. The van der Waals surface area contributed by atoms with E-state index in [0.717, 1.165) is 33.2 Å². The SMILES string of the molecule is C[Si]1(C)c2ccccc2-c2cc3c(ccc4c5ccccc5n(-c5nc(-c6ccccc6)c6ccccc6n5)c34)cc21. The van der Waals surface area contributed by atoms with Gasteiger partial charge in [0.2, 0.25) is 5.95 Å². The maximum absolute atomic E-state index is 5.31. The second-order valence-corrected chi connectivity index (χ2v) is 16.2. The summed E-state index contributed by atoms with van der Waals surface area (Å²) in [7, 11) is -1.78. The summed E-state index contributed by atoms with van der Waals surface area (Å²) in [5.41, 5.74) is 8.02. The molecule has 1 aliphatic heterocycles. The summed E-state index contributed by atoms with van der Waals surface area (Å²) in [5.74, 6) is 0.696. The lowest BCUT2D eigenvalue weighted by atomic mass is 9.99. The monoisotopic (exact) mass is 553 g/mol. The first-order valence-electron chi connectivity index (χ1n) is 14.5. The molecular formula is C38H27N3Si. The summed E-state index contributed by atoms with van der Waals surface area (Å²) in [5, 5.41) is 9.04. The van der Waals surface area contributed by atoms with E-state index in [1.54, 1.807) is 0 Å². The van der Waals surface area contributed by atoms with Crippen LogP contribution in [0.25, 0.3) is 71.8 Å². The van der Waals surface area contributed by atoms with Crippen LogP contribution >= 0.6 is 0 Å². The molecule has 0 radical (unpaired) electrons. The topological polar surface area (TPSA) is 30.7 Å². The summed E-state index contributed by atoms with van der Waals surface area (Å²) < 4.78 is 2.29. The van der Waals surface area contributed by atoms with Crippen LogP contribution in [0.15, 0.2) is 127 Å². The molecule has 0 N–H and O–H groups in total. The number of hydrogen-bond donors (Lipinski definition) is 0. The molecule has 8 aromatic rings. The zero-order valence-electron chi connectivity index (χ0n) is 23.5. The molecule has 0 atom stereocenters. The van der Waals surface area contributed by atoms with Crippen molar-refractivity contribution in [2.45, 2.75) is 13.1 Å². The van der Waals surface area contributed by atoms with Crippen LogP contribution in [-0.4, -0.2) is 22.6 Å². The quantitative estimate of drug-likeness (QED) is 0.201. The third-order valence-corrected chi connectivity index (χ3v) is 12.7. The van der Waals surface area contributed by atoms with Gasteiger partial charge in [-0.3, -0.25) is 4.57 Å². The molecule has 3 heterocycles. The lowest BCUT2D eigenvalue weighted by molar-refractivity contribution is 1.02. The fourth-order valence-corrected chi connectivity index (χ4v) is 10.3. The van der Waals surface area contributed by atoms with Crippen molar-refractivity contribution in [2.24, 2.45) is 0 Å². The minimum atomic E-state index is -1.78. The first-order chi connectivity index (χ1) is 20.6. The van der Waals surface area contributed by atoms with Crippen molar-refractivity contribution in [3.05, 3.63) is 127 Å². The van der Waals surface area contributed by atoms with Crippen molar-refractivity contribution in [3.8, 4) is 28.3 Å². The summed E-state index contributed by atoms with van der Waals surface area (Å²) >= 11 is 0. The molecule has 1 aliphatic rings. The predicted octanol–water partition coefficient (Wildman–Crippen LogP) is 8.35. The van der Waals surface area contributed by atoms with E-state index in [-0.39, 0.29) is 0 Å². The summed E-state index contributed by atoms with van der Waals surface area (Å²) in [6.07, 6.45) is 0. The van der Waals surface area contributed by atoms with Crippen molar-refractivity contribution in [3.63, 3.8) is 0 Å². The molecular weight excluding hydrogens is 527 g/mol. The Hall–Kier alpha value is -5.06. The largest absolute Gasteiger partial charge is 0.277 e. The number of rotatable bonds is 2. The molecule has 3 nitrogen and oxygen atoms in total. The number of benzene rings is 6. The average molecular weight is 554 g/mol. The van der Waals surface area contributed by atoms with E-state index in [1.807, 2.05) is 6.07 Å². The van der Waals surface area contributed by atoms with Crippen LogP contribution in [0.3, 0.4) is 0 Å². The van der Waals surface area contributed by atoms with E-state index >= 15 is 0 Å². The first-order valence-corrected chi connectivity index (χ1v) is 17.5. The molecule has 2 aromatic heterocycles. The van der Waals surface area contributed by atoms with Crippen molar-refractivity contribution < 1.29 is 0 Å². The number of fused-ring (bicyclic) bond motifs is 9. The Bertz CT molecular complexity index is 2390. The zero-order chi connectivity index (χ0) is 28.0. The highest BCUT2D eigenvalue weighted by atomic mass is 28.3. The maximum atomic E-state index is 5.31. The van der Waals surface area contributed by atoms with Gasteiger partial charge in [0.15, 0.2) is 0 Å². The van der Waals surface area contributed by atoms with E-state index < -0.39 is 8.07 Å². The molecule has 6 aromatic carbocycles. The maximum Gasteiger partial charge on any atom is 0.235 e. The van der Waals surface area contributed by atoms with Gasteiger partial charge in [-0.05, 0) is 45.1 Å². The van der Waals surface area contributed by atoms with Gasteiger partial charge in [-0.2, -0.15) is 0 Å². The van der Waals surface area contributed by atoms with Crippen LogP contribution < -0.4 is 10.4 Å². The Balaban J connectivity index is 1.43. The summed E-state index contributed by atoms with van der Waals surface area (Å²) in [6.45, 7) is 4.96. The molecule has 0 spiro atoms. The predicted molar refractivity (Wildman–Crippen MR) is 179 cm³/mol. The molecule has 0 saturated heterocycles. The van der Waals surface area contributed by atoms with Crippen molar-refractivity contribution in [1.29, 1.82) is 0 Å². The van der Waals surface area contributed by atoms with Gasteiger partial charge in [-0.15, -0.1) is 0 Å². The third kappa shape index (κ3) is 3.15. The van der Waals surface area contributed by atoms with Crippen molar-refractivity contribution >= 4 is 61.9 Å². The van der Waals surface area contributed by atoms with Gasteiger partial charge >= 0.3 is 0 Å². The van der Waals surface area contributed by atoms with Gasteiger partial charge in [-0.25, -0.2) is 9.97 Å². The highest BCUT2D eigenvalue weighted by Gasteiger charge is 2.37. The van der Waals surface area contributed by atoms with Crippen LogP contribution in [0.4, 0.5) is 0 Å². The molecule has 0 unspecified atom stereocenters.